The number of pyridine rings is 1. The van der Waals surface area contributed by atoms with Gasteiger partial charge in [-0.15, -0.1) is 0 Å². The Morgan fingerprint density at radius 2 is 1.91 bits per heavy atom. The molecule has 0 radical (unpaired) electrons. The second kappa shape index (κ2) is 2.94. The first-order valence-corrected chi connectivity index (χ1v) is 2.78. The predicted octanol–water partition coefficient (Wildman–Crippen LogP) is -0.960. The Balaban J connectivity index is 3.08. The fourth-order valence-electron chi connectivity index (χ4n) is 0.617. The van der Waals surface area contributed by atoms with E-state index >= 15 is 0 Å². The van der Waals surface area contributed by atoms with Crippen LogP contribution in [0.5, 0.6) is 0 Å². The van der Waals surface area contributed by atoms with Crippen molar-refractivity contribution >= 4 is 12.7 Å². The highest BCUT2D eigenvalue weighted by atomic mass is 19.1. The topological polar surface area (TPSA) is 53.4 Å². The standard InChI is InChI=1S/C5H4BF2NO2/c7-3-1-4(6(10)11)9-5(8)2-3/h1-2,10-11H. The third kappa shape index (κ3) is 1.96. The molecule has 1 heterocycles. The van der Waals surface area contributed by atoms with E-state index in [1.165, 1.54) is 0 Å². The fraction of sp³-hybridized carbons (Fsp3) is 0. The van der Waals surface area contributed by atoms with Crippen LogP contribution in [0.25, 0.3) is 0 Å². The summed E-state index contributed by atoms with van der Waals surface area (Å²) in [6, 6.07) is 1.29. The molecular formula is C5H4BF2NO2. The molecule has 1 rings (SSSR count). The van der Waals surface area contributed by atoms with Crippen LogP contribution < -0.4 is 5.59 Å². The first-order chi connectivity index (χ1) is 5.09. The summed E-state index contributed by atoms with van der Waals surface area (Å²) >= 11 is 0. The van der Waals surface area contributed by atoms with Crippen LogP contribution in [-0.2, 0) is 0 Å². The number of hydrogen-bond acceptors (Lipinski definition) is 3. The van der Waals surface area contributed by atoms with Crippen LogP contribution in [0, 0.1) is 11.8 Å². The van der Waals surface area contributed by atoms with Gasteiger partial charge in [-0.1, -0.05) is 0 Å². The first-order valence-electron chi connectivity index (χ1n) is 2.78. The van der Waals surface area contributed by atoms with Crippen molar-refractivity contribution in [3.63, 3.8) is 0 Å². The van der Waals surface area contributed by atoms with E-state index in [1.807, 2.05) is 0 Å². The highest BCUT2D eigenvalue weighted by Crippen LogP contribution is 1.95. The molecule has 0 saturated heterocycles. The van der Waals surface area contributed by atoms with Gasteiger partial charge in [0.1, 0.15) is 5.82 Å². The maximum atomic E-state index is 12.3. The van der Waals surface area contributed by atoms with Crippen LogP contribution >= 0.6 is 0 Å². The molecule has 58 valence electrons. The molecule has 0 saturated carbocycles. The minimum atomic E-state index is -1.94. The number of nitrogens with zero attached hydrogens (tertiary/aromatic N) is 1. The Bertz CT molecular complexity index is 248. The molecule has 0 aliphatic heterocycles. The molecule has 0 aliphatic rings. The summed E-state index contributed by atoms with van der Waals surface area (Å²) in [5.74, 6) is -1.96. The highest BCUT2D eigenvalue weighted by molar-refractivity contribution is 6.57. The lowest BCUT2D eigenvalue weighted by Crippen LogP contribution is -2.33. The van der Waals surface area contributed by atoms with E-state index in [4.69, 9.17) is 10.0 Å². The third-order valence-corrected chi connectivity index (χ3v) is 1.04. The molecule has 0 bridgehead atoms. The van der Waals surface area contributed by atoms with Crippen molar-refractivity contribution < 1.29 is 18.8 Å². The van der Waals surface area contributed by atoms with Crippen LogP contribution in [0.3, 0.4) is 0 Å². The molecular weight excluding hydrogens is 155 g/mol. The van der Waals surface area contributed by atoms with Crippen LogP contribution in [0.1, 0.15) is 0 Å². The summed E-state index contributed by atoms with van der Waals surface area (Å²) in [7, 11) is -1.94. The van der Waals surface area contributed by atoms with E-state index in [1.54, 1.807) is 0 Å². The van der Waals surface area contributed by atoms with Crippen molar-refractivity contribution in [1.29, 1.82) is 0 Å². The Kier molecular flexibility index (Phi) is 2.16. The van der Waals surface area contributed by atoms with Gasteiger partial charge >= 0.3 is 7.12 Å². The minimum absolute atomic E-state index is 0.442. The number of aromatic nitrogens is 1. The van der Waals surface area contributed by atoms with Crippen molar-refractivity contribution in [2.24, 2.45) is 0 Å². The lowest BCUT2D eigenvalue weighted by molar-refractivity contribution is 0.422. The average Bonchev–Trinajstić information content (AvgIpc) is 1.85. The van der Waals surface area contributed by atoms with Gasteiger partial charge in [-0.3, -0.25) is 0 Å². The molecule has 0 unspecified atom stereocenters. The Labute approximate surface area is 61.5 Å². The fourth-order valence-corrected chi connectivity index (χ4v) is 0.617. The summed E-state index contributed by atoms with van der Waals surface area (Å²) in [6.45, 7) is 0. The zero-order valence-corrected chi connectivity index (χ0v) is 5.33. The lowest BCUT2D eigenvalue weighted by atomic mass is 9.86. The van der Waals surface area contributed by atoms with Crippen LogP contribution in [0.2, 0.25) is 0 Å². The zero-order chi connectivity index (χ0) is 8.43. The van der Waals surface area contributed by atoms with Gasteiger partial charge < -0.3 is 10.0 Å². The maximum absolute atomic E-state index is 12.3. The SMILES string of the molecule is OB(O)c1cc(F)cc(F)n1. The van der Waals surface area contributed by atoms with Gasteiger partial charge in [0.15, 0.2) is 0 Å². The van der Waals surface area contributed by atoms with Gasteiger partial charge in [-0.2, -0.15) is 4.39 Å². The van der Waals surface area contributed by atoms with Crippen LogP contribution in [0.15, 0.2) is 12.1 Å². The Morgan fingerprint density at radius 1 is 1.27 bits per heavy atom. The molecule has 6 heteroatoms. The molecule has 11 heavy (non-hydrogen) atoms. The van der Waals surface area contributed by atoms with Gasteiger partial charge in [-0.25, -0.2) is 9.37 Å². The molecule has 0 fully saturated rings. The normalized spacial score (nSPS) is 9.82. The summed E-state index contributed by atoms with van der Waals surface area (Å²) < 4.78 is 24.5. The van der Waals surface area contributed by atoms with E-state index in [0.29, 0.717) is 6.07 Å². The van der Waals surface area contributed by atoms with Crippen molar-refractivity contribution in [1.82, 2.24) is 4.98 Å². The molecule has 0 spiro atoms. The Morgan fingerprint density at radius 3 is 2.36 bits per heavy atom. The lowest BCUT2D eigenvalue weighted by Gasteiger charge is -1.97. The quantitative estimate of drug-likeness (QED) is 0.409. The van der Waals surface area contributed by atoms with Crippen LogP contribution in [0.4, 0.5) is 8.78 Å². The molecule has 1 aromatic heterocycles. The molecule has 0 atom stereocenters. The van der Waals surface area contributed by atoms with Gasteiger partial charge in [-0.05, 0) is 6.07 Å². The third-order valence-electron chi connectivity index (χ3n) is 1.04. The summed E-state index contributed by atoms with van der Waals surface area (Å²) in [6.07, 6.45) is 0. The molecule has 0 amide bonds. The van der Waals surface area contributed by atoms with E-state index < -0.39 is 24.5 Å². The van der Waals surface area contributed by atoms with Crippen molar-refractivity contribution in [2.45, 2.75) is 0 Å². The largest absolute Gasteiger partial charge is 0.508 e. The van der Waals surface area contributed by atoms with E-state index in [9.17, 15) is 8.78 Å². The Hall–Kier alpha value is -1.01. The van der Waals surface area contributed by atoms with Gasteiger partial charge in [0.25, 0.3) is 0 Å². The van der Waals surface area contributed by atoms with Crippen molar-refractivity contribution in [3.05, 3.63) is 23.9 Å². The predicted molar refractivity (Wildman–Crippen MR) is 34.0 cm³/mol. The summed E-state index contributed by atoms with van der Waals surface area (Å²) in [4.78, 5) is 3.03. The smallest absolute Gasteiger partial charge is 0.422 e. The molecule has 0 aliphatic carbocycles. The minimum Gasteiger partial charge on any atom is -0.422 e. The van der Waals surface area contributed by atoms with E-state index in [-0.39, 0.29) is 0 Å². The monoisotopic (exact) mass is 159 g/mol. The molecule has 0 aromatic carbocycles. The molecule has 2 N–H and O–H groups in total. The van der Waals surface area contributed by atoms with Gasteiger partial charge in [0, 0.05) is 6.07 Å². The zero-order valence-electron chi connectivity index (χ0n) is 5.33. The maximum Gasteiger partial charge on any atom is 0.508 e. The van der Waals surface area contributed by atoms with Crippen molar-refractivity contribution in [3.8, 4) is 0 Å². The first kappa shape index (κ1) is 8.09. The number of rotatable bonds is 1. The van der Waals surface area contributed by atoms with E-state index in [0.717, 1.165) is 6.07 Å². The second-order valence-corrected chi connectivity index (χ2v) is 1.91. The highest BCUT2D eigenvalue weighted by Gasteiger charge is 2.14. The van der Waals surface area contributed by atoms with Gasteiger partial charge in [0.2, 0.25) is 5.95 Å². The second-order valence-electron chi connectivity index (χ2n) is 1.91. The van der Waals surface area contributed by atoms with Crippen molar-refractivity contribution in [2.75, 3.05) is 0 Å². The summed E-state index contributed by atoms with van der Waals surface area (Å²) in [5, 5.41) is 16.9. The average molecular weight is 159 g/mol. The number of hydrogen-bond donors (Lipinski definition) is 2. The van der Waals surface area contributed by atoms with E-state index in [2.05, 4.69) is 4.98 Å². The number of halogens is 2. The summed E-state index contributed by atoms with van der Waals surface area (Å²) in [5.41, 5.74) is -0.442. The molecule has 3 nitrogen and oxygen atoms in total. The molecule has 1 aromatic rings. The van der Waals surface area contributed by atoms with Crippen LogP contribution in [-0.4, -0.2) is 22.2 Å². The van der Waals surface area contributed by atoms with Gasteiger partial charge in [0.05, 0.1) is 5.59 Å².